The minimum atomic E-state index is -0.0705. The molecule has 0 radical (unpaired) electrons. The number of hydrogen-bond donors (Lipinski definition) is 1. The Kier molecular flexibility index (Phi) is 6.20. The van der Waals surface area contributed by atoms with Crippen LogP contribution in [0.5, 0.6) is 0 Å². The average Bonchev–Trinajstić information content (AvgIpc) is 2.60. The van der Waals surface area contributed by atoms with E-state index in [4.69, 9.17) is 0 Å². The lowest BCUT2D eigenvalue weighted by molar-refractivity contribution is -0.139. The molecule has 2 heterocycles. The lowest BCUT2D eigenvalue weighted by atomic mass is 9.95. The second-order valence-electron chi connectivity index (χ2n) is 6.36. The van der Waals surface area contributed by atoms with E-state index < -0.39 is 0 Å². The third kappa shape index (κ3) is 3.98. The number of likely N-dealkylation sites (tertiary alicyclic amines) is 1. The topological polar surface area (TPSA) is 55.9 Å². The van der Waals surface area contributed by atoms with E-state index in [9.17, 15) is 9.59 Å². The molecule has 2 saturated heterocycles. The molecule has 1 atom stereocenters. The summed E-state index contributed by atoms with van der Waals surface area (Å²) in [5.74, 6) is 0.486. The molecule has 22 heavy (non-hydrogen) atoms. The zero-order valence-corrected chi connectivity index (χ0v) is 14.2. The van der Waals surface area contributed by atoms with E-state index in [2.05, 4.69) is 22.0 Å². The predicted molar refractivity (Wildman–Crippen MR) is 86.5 cm³/mol. The van der Waals surface area contributed by atoms with Crippen molar-refractivity contribution in [2.24, 2.45) is 5.92 Å². The van der Waals surface area contributed by atoms with Crippen molar-refractivity contribution in [3.63, 3.8) is 0 Å². The number of likely N-dealkylation sites (N-methyl/N-ethyl adjacent to an activating group) is 1. The quantitative estimate of drug-likeness (QED) is 0.794. The highest BCUT2D eigenvalue weighted by atomic mass is 16.2. The Morgan fingerprint density at radius 3 is 2.18 bits per heavy atom. The summed E-state index contributed by atoms with van der Waals surface area (Å²) in [7, 11) is 1.69. The molecule has 0 aliphatic carbocycles. The average molecular weight is 310 g/mol. The minimum absolute atomic E-state index is 0.0705. The van der Waals surface area contributed by atoms with Gasteiger partial charge in [0.25, 0.3) is 0 Å². The van der Waals surface area contributed by atoms with Crippen LogP contribution in [0.1, 0.15) is 26.7 Å². The molecule has 0 aromatic carbocycles. The highest BCUT2D eigenvalue weighted by molar-refractivity contribution is 5.82. The molecule has 126 valence electrons. The van der Waals surface area contributed by atoms with Crippen molar-refractivity contribution in [3.05, 3.63) is 0 Å². The molecular formula is C16H30N4O2. The highest BCUT2D eigenvalue weighted by Crippen LogP contribution is 2.20. The van der Waals surface area contributed by atoms with Crippen molar-refractivity contribution in [3.8, 4) is 0 Å². The van der Waals surface area contributed by atoms with Gasteiger partial charge in [0.15, 0.2) is 0 Å². The first kappa shape index (κ1) is 17.2. The third-order valence-corrected chi connectivity index (χ3v) is 5.18. The van der Waals surface area contributed by atoms with E-state index in [1.165, 1.54) is 0 Å². The largest absolute Gasteiger partial charge is 0.359 e. The van der Waals surface area contributed by atoms with Crippen LogP contribution >= 0.6 is 0 Å². The summed E-state index contributed by atoms with van der Waals surface area (Å²) in [5, 5.41) is 2.73. The molecule has 0 saturated carbocycles. The van der Waals surface area contributed by atoms with E-state index in [-0.39, 0.29) is 23.8 Å². The lowest BCUT2D eigenvalue weighted by Crippen LogP contribution is -2.55. The van der Waals surface area contributed by atoms with E-state index >= 15 is 0 Å². The number of hydrogen-bond acceptors (Lipinski definition) is 4. The summed E-state index contributed by atoms with van der Waals surface area (Å²) in [4.78, 5) is 30.9. The van der Waals surface area contributed by atoms with Crippen molar-refractivity contribution in [1.29, 1.82) is 0 Å². The van der Waals surface area contributed by atoms with Gasteiger partial charge in [-0.1, -0.05) is 6.92 Å². The van der Waals surface area contributed by atoms with Crippen LogP contribution in [0, 0.1) is 5.92 Å². The smallest absolute Gasteiger partial charge is 0.239 e. The standard InChI is InChI=1S/C16H30N4O2/c1-4-18-9-11-20(12-10-18)16(22)13(2)19-7-5-14(6-8-19)15(21)17-3/h13-14H,4-12H2,1-3H3,(H,17,21). The van der Waals surface area contributed by atoms with Gasteiger partial charge in [-0.15, -0.1) is 0 Å². The molecule has 0 spiro atoms. The fourth-order valence-electron chi connectivity index (χ4n) is 3.46. The first-order valence-corrected chi connectivity index (χ1v) is 8.53. The number of nitrogens with zero attached hydrogens (tertiary/aromatic N) is 3. The maximum absolute atomic E-state index is 12.7. The first-order chi connectivity index (χ1) is 10.6. The Morgan fingerprint density at radius 2 is 1.68 bits per heavy atom. The number of rotatable bonds is 4. The van der Waals surface area contributed by atoms with E-state index in [0.717, 1.165) is 58.7 Å². The number of piperidine rings is 1. The van der Waals surface area contributed by atoms with Crippen molar-refractivity contribution < 1.29 is 9.59 Å². The molecule has 2 aliphatic heterocycles. The van der Waals surface area contributed by atoms with Crippen LogP contribution in [0.4, 0.5) is 0 Å². The van der Waals surface area contributed by atoms with Gasteiger partial charge in [-0.3, -0.25) is 14.5 Å². The maximum atomic E-state index is 12.7. The first-order valence-electron chi connectivity index (χ1n) is 8.53. The number of nitrogens with one attached hydrogen (secondary N) is 1. The number of piperazine rings is 1. The van der Waals surface area contributed by atoms with Crippen LogP contribution in [0.3, 0.4) is 0 Å². The molecule has 1 N–H and O–H groups in total. The fraction of sp³-hybridized carbons (Fsp3) is 0.875. The van der Waals surface area contributed by atoms with Gasteiger partial charge in [0.05, 0.1) is 6.04 Å². The predicted octanol–water partition coefficient (Wildman–Crippen LogP) is -0.00300. The molecule has 6 heteroatoms. The van der Waals surface area contributed by atoms with Crippen molar-refractivity contribution >= 4 is 11.8 Å². The van der Waals surface area contributed by atoms with Gasteiger partial charge in [0.1, 0.15) is 0 Å². The summed E-state index contributed by atoms with van der Waals surface area (Å²) in [6.07, 6.45) is 1.70. The highest BCUT2D eigenvalue weighted by Gasteiger charge is 2.32. The van der Waals surface area contributed by atoms with Crippen LogP contribution in [0.25, 0.3) is 0 Å². The Bertz CT molecular complexity index is 386. The van der Waals surface area contributed by atoms with Crippen molar-refractivity contribution in [2.75, 3.05) is 52.9 Å². The Hall–Kier alpha value is -1.14. The molecular weight excluding hydrogens is 280 g/mol. The zero-order valence-electron chi connectivity index (χ0n) is 14.2. The minimum Gasteiger partial charge on any atom is -0.359 e. The molecule has 2 amide bonds. The lowest BCUT2D eigenvalue weighted by Gasteiger charge is -2.39. The number of carbonyl (C=O) groups is 2. The summed E-state index contributed by atoms with van der Waals surface area (Å²) < 4.78 is 0. The molecule has 2 rings (SSSR count). The molecule has 2 fully saturated rings. The Morgan fingerprint density at radius 1 is 1.09 bits per heavy atom. The molecule has 0 aromatic rings. The van der Waals surface area contributed by atoms with Crippen molar-refractivity contribution in [1.82, 2.24) is 20.0 Å². The van der Waals surface area contributed by atoms with Gasteiger partial charge in [-0.2, -0.15) is 0 Å². The molecule has 6 nitrogen and oxygen atoms in total. The zero-order chi connectivity index (χ0) is 16.1. The van der Waals surface area contributed by atoms with E-state index in [1.807, 2.05) is 11.8 Å². The maximum Gasteiger partial charge on any atom is 0.239 e. The van der Waals surface area contributed by atoms with Gasteiger partial charge < -0.3 is 15.1 Å². The second-order valence-corrected chi connectivity index (χ2v) is 6.36. The van der Waals surface area contributed by atoms with Gasteiger partial charge in [-0.25, -0.2) is 0 Å². The monoisotopic (exact) mass is 310 g/mol. The van der Waals surface area contributed by atoms with Gasteiger partial charge >= 0.3 is 0 Å². The van der Waals surface area contributed by atoms with E-state index in [1.54, 1.807) is 7.05 Å². The molecule has 1 unspecified atom stereocenters. The number of amides is 2. The van der Waals surface area contributed by atoms with E-state index in [0.29, 0.717) is 0 Å². The third-order valence-electron chi connectivity index (χ3n) is 5.18. The summed E-state index contributed by atoms with van der Waals surface area (Å²) in [6.45, 7) is 10.5. The van der Waals surface area contributed by atoms with Crippen LogP contribution < -0.4 is 5.32 Å². The van der Waals surface area contributed by atoms with Gasteiger partial charge in [-0.05, 0) is 39.4 Å². The summed E-state index contributed by atoms with van der Waals surface area (Å²) >= 11 is 0. The van der Waals surface area contributed by atoms with Gasteiger partial charge in [0, 0.05) is 39.1 Å². The van der Waals surface area contributed by atoms with Crippen LogP contribution in [0.2, 0.25) is 0 Å². The summed E-state index contributed by atoms with van der Waals surface area (Å²) in [6, 6.07) is -0.0705. The Balaban J connectivity index is 1.81. The van der Waals surface area contributed by atoms with Crippen molar-refractivity contribution in [2.45, 2.75) is 32.7 Å². The summed E-state index contributed by atoms with van der Waals surface area (Å²) in [5.41, 5.74) is 0. The molecule has 2 aliphatic rings. The van der Waals surface area contributed by atoms with Crippen LogP contribution in [-0.4, -0.2) is 85.4 Å². The Labute approximate surface area is 133 Å². The number of carbonyl (C=O) groups excluding carboxylic acids is 2. The fourth-order valence-corrected chi connectivity index (χ4v) is 3.46. The molecule has 0 aromatic heterocycles. The SMILES string of the molecule is CCN1CCN(C(=O)C(C)N2CCC(C(=O)NC)CC2)CC1. The van der Waals surface area contributed by atoms with Crippen LogP contribution in [-0.2, 0) is 9.59 Å². The second kappa shape index (κ2) is 7.92. The molecule has 0 bridgehead atoms. The normalized spacial score (nSPS) is 23.3. The van der Waals surface area contributed by atoms with Gasteiger partial charge in [0.2, 0.25) is 11.8 Å². The van der Waals surface area contributed by atoms with Crippen LogP contribution in [0.15, 0.2) is 0 Å².